The molecule has 2 rings (SSSR count). The summed E-state index contributed by atoms with van der Waals surface area (Å²) in [5.41, 5.74) is 0.723. The maximum Gasteiger partial charge on any atom is 0.416 e. The Morgan fingerprint density at radius 1 is 1.30 bits per heavy atom. The van der Waals surface area contributed by atoms with Crippen LogP contribution in [-0.2, 0) is 6.18 Å². The largest absolute Gasteiger partial charge is 0.416 e. The summed E-state index contributed by atoms with van der Waals surface area (Å²) < 4.78 is 39.3. The van der Waals surface area contributed by atoms with Gasteiger partial charge >= 0.3 is 6.18 Å². The third kappa shape index (κ3) is 3.01. The molecule has 0 aliphatic rings. The number of nitrogens with zero attached hydrogens (tertiary/aromatic N) is 2. The van der Waals surface area contributed by atoms with Gasteiger partial charge in [-0.15, -0.1) is 6.58 Å². The van der Waals surface area contributed by atoms with Crippen LogP contribution < -0.4 is 5.32 Å². The molecule has 0 saturated heterocycles. The lowest BCUT2D eigenvalue weighted by molar-refractivity contribution is -0.137. The first-order valence-electron chi connectivity index (χ1n) is 6.00. The summed E-state index contributed by atoms with van der Waals surface area (Å²) in [7, 11) is 0. The number of alkyl halides is 3. The minimum absolute atomic E-state index is 0.525. The van der Waals surface area contributed by atoms with Crippen molar-refractivity contribution in [2.75, 3.05) is 11.9 Å². The highest BCUT2D eigenvalue weighted by atomic mass is 19.4. The highest BCUT2D eigenvalue weighted by Crippen LogP contribution is 2.30. The fourth-order valence-corrected chi connectivity index (χ4v) is 1.79. The average molecular weight is 281 g/mol. The van der Waals surface area contributed by atoms with E-state index in [-0.39, 0.29) is 0 Å². The van der Waals surface area contributed by atoms with E-state index in [1.54, 1.807) is 16.8 Å². The Morgan fingerprint density at radius 3 is 2.50 bits per heavy atom. The molecular weight excluding hydrogens is 267 g/mol. The van der Waals surface area contributed by atoms with Crippen LogP contribution in [-0.4, -0.2) is 16.1 Å². The normalized spacial score (nSPS) is 11.4. The van der Waals surface area contributed by atoms with E-state index in [4.69, 9.17) is 0 Å². The lowest BCUT2D eigenvalue weighted by Crippen LogP contribution is -2.07. The van der Waals surface area contributed by atoms with Crippen LogP contribution in [0.2, 0.25) is 0 Å². The highest BCUT2D eigenvalue weighted by Gasteiger charge is 2.30. The van der Waals surface area contributed by atoms with Crippen LogP contribution in [0.3, 0.4) is 0 Å². The van der Waals surface area contributed by atoms with Gasteiger partial charge in [-0.25, -0.2) is 4.98 Å². The maximum absolute atomic E-state index is 12.5. The number of hydrogen-bond donors (Lipinski definition) is 1. The Kier molecular flexibility index (Phi) is 3.83. The second-order valence-corrected chi connectivity index (χ2v) is 4.29. The van der Waals surface area contributed by atoms with Gasteiger partial charge < -0.3 is 5.32 Å². The van der Waals surface area contributed by atoms with E-state index in [1.165, 1.54) is 12.1 Å². The molecule has 0 atom stereocenters. The van der Waals surface area contributed by atoms with Crippen molar-refractivity contribution in [3.05, 3.63) is 54.4 Å². The first kappa shape index (κ1) is 14.2. The molecule has 0 fully saturated rings. The molecule has 1 N–H and O–H groups in total. The van der Waals surface area contributed by atoms with Gasteiger partial charge in [0, 0.05) is 18.4 Å². The van der Waals surface area contributed by atoms with E-state index in [1.807, 2.05) is 6.92 Å². The summed E-state index contributed by atoms with van der Waals surface area (Å²) >= 11 is 0. The van der Waals surface area contributed by atoms with Crippen molar-refractivity contribution < 1.29 is 13.2 Å². The van der Waals surface area contributed by atoms with Gasteiger partial charge in [-0.2, -0.15) is 13.2 Å². The zero-order chi connectivity index (χ0) is 14.8. The van der Waals surface area contributed by atoms with Crippen molar-refractivity contribution in [1.29, 1.82) is 0 Å². The first-order chi connectivity index (χ1) is 9.41. The third-order valence-electron chi connectivity index (χ3n) is 2.70. The Bertz CT molecular complexity index is 597. The standard InChI is InChI=1S/C14H14F3N3/c1-3-8-18-13-19-10(2)9-20(13)12-6-4-11(5-7-12)14(15,16)17/h3-7,9H,1,8H2,2H3,(H,18,19). The predicted molar refractivity (Wildman–Crippen MR) is 72.0 cm³/mol. The minimum atomic E-state index is -4.33. The lowest BCUT2D eigenvalue weighted by atomic mass is 10.2. The molecule has 1 heterocycles. The molecule has 0 aliphatic heterocycles. The average Bonchev–Trinajstić information content (AvgIpc) is 2.76. The van der Waals surface area contributed by atoms with Crippen molar-refractivity contribution in [1.82, 2.24) is 9.55 Å². The number of rotatable bonds is 4. The van der Waals surface area contributed by atoms with Crippen molar-refractivity contribution >= 4 is 5.95 Å². The summed E-state index contributed by atoms with van der Waals surface area (Å²) in [5.74, 6) is 0.571. The van der Waals surface area contributed by atoms with Crippen molar-refractivity contribution in [2.24, 2.45) is 0 Å². The zero-order valence-corrected chi connectivity index (χ0v) is 10.9. The van der Waals surface area contributed by atoms with Gasteiger partial charge in [0.1, 0.15) is 0 Å². The van der Waals surface area contributed by atoms with E-state index >= 15 is 0 Å². The van der Waals surface area contributed by atoms with Crippen LogP contribution in [0, 0.1) is 6.92 Å². The molecule has 3 nitrogen and oxygen atoms in total. The summed E-state index contributed by atoms with van der Waals surface area (Å²) in [6.45, 7) is 5.94. The summed E-state index contributed by atoms with van der Waals surface area (Å²) in [4.78, 5) is 4.28. The molecular formula is C14H14F3N3. The quantitative estimate of drug-likeness (QED) is 0.864. The number of anilines is 1. The van der Waals surface area contributed by atoms with Crippen LogP contribution in [0.4, 0.5) is 19.1 Å². The molecule has 20 heavy (non-hydrogen) atoms. The van der Waals surface area contributed by atoms with Gasteiger partial charge in [-0.3, -0.25) is 4.57 Å². The van der Waals surface area contributed by atoms with Gasteiger partial charge in [-0.1, -0.05) is 6.08 Å². The maximum atomic E-state index is 12.5. The van der Waals surface area contributed by atoms with Crippen molar-refractivity contribution in [3.63, 3.8) is 0 Å². The Morgan fingerprint density at radius 2 is 1.95 bits per heavy atom. The Balaban J connectivity index is 2.34. The molecule has 1 aromatic carbocycles. The van der Waals surface area contributed by atoms with Gasteiger partial charge in [0.25, 0.3) is 0 Å². The molecule has 2 aromatic rings. The number of imidazole rings is 1. The fraction of sp³-hybridized carbons (Fsp3) is 0.214. The Labute approximate surface area is 114 Å². The van der Waals surface area contributed by atoms with Crippen molar-refractivity contribution in [2.45, 2.75) is 13.1 Å². The predicted octanol–water partition coefficient (Wildman–Crippen LogP) is 3.80. The Hall–Kier alpha value is -2.24. The topological polar surface area (TPSA) is 29.9 Å². The van der Waals surface area contributed by atoms with E-state index in [9.17, 15) is 13.2 Å². The van der Waals surface area contributed by atoms with Gasteiger partial charge in [-0.05, 0) is 31.2 Å². The number of nitrogens with one attached hydrogen (secondary N) is 1. The number of hydrogen-bond acceptors (Lipinski definition) is 2. The number of halogens is 3. The highest BCUT2D eigenvalue weighted by molar-refractivity contribution is 5.44. The van der Waals surface area contributed by atoms with Crippen LogP contribution >= 0.6 is 0 Å². The molecule has 1 aromatic heterocycles. The van der Waals surface area contributed by atoms with Crippen molar-refractivity contribution in [3.8, 4) is 5.69 Å². The number of benzene rings is 1. The minimum Gasteiger partial charge on any atom is -0.352 e. The van der Waals surface area contributed by atoms with Crippen LogP contribution in [0.5, 0.6) is 0 Å². The first-order valence-corrected chi connectivity index (χ1v) is 6.00. The zero-order valence-electron chi connectivity index (χ0n) is 10.9. The summed E-state index contributed by atoms with van der Waals surface area (Å²) in [5, 5.41) is 3.04. The second kappa shape index (κ2) is 5.40. The van der Waals surface area contributed by atoms with E-state index in [0.29, 0.717) is 18.2 Å². The summed E-state index contributed by atoms with van der Waals surface area (Å²) in [6.07, 6.45) is -0.886. The number of aryl methyl sites for hydroxylation is 1. The van der Waals surface area contributed by atoms with Crippen LogP contribution in [0.1, 0.15) is 11.3 Å². The molecule has 0 bridgehead atoms. The molecule has 0 saturated carbocycles. The van der Waals surface area contributed by atoms with E-state index < -0.39 is 11.7 Å². The molecule has 0 radical (unpaired) electrons. The van der Waals surface area contributed by atoms with E-state index in [0.717, 1.165) is 17.8 Å². The van der Waals surface area contributed by atoms with E-state index in [2.05, 4.69) is 16.9 Å². The smallest absolute Gasteiger partial charge is 0.352 e. The lowest BCUT2D eigenvalue weighted by Gasteiger charge is -2.10. The van der Waals surface area contributed by atoms with Crippen LogP contribution in [0.25, 0.3) is 5.69 Å². The third-order valence-corrected chi connectivity index (χ3v) is 2.70. The second-order valence-electron chi connectivity index (χ2n) is 4.29. The molecule has 0 unspecified atom stereocenters. The van der Waals surface area contributed by atoms with Gasteiger partial charge in [0.2, 0.25) is 5.95 Å². The number of aromatic nitrogens is 2. The molecule has 0 spiro atoms. The molecule has 6 heteroatoms. The summed E-state index contributed by atoms with van der Waals surface area (Å²) in [6, 6.07) is 4.95. The fourth-order valence-electron chi connectivity index (χ4n) is 1.79. The van der Waals surface area contributed by atoms with Gasteiger partial charge in [0.05, 0.1) is 11.3 Å². The van der Waals surface area contributed by atoms with Gasteiger partial charge in [0.15, 0.2) is 0 Å². The molecule has 0 amide bonds. The van der Waals surface area contributed by atoms with Crippen LogP contribution in [0.15, 0.2) is 43.1 Å². The molecule has 106 valence electrons. The molecule has 0 aliphatic carbocycles. The SMILES string of the molecule is C=CCNc1nc(C)cn1-c1ccc(C(F)(F)F)cc1. The monoisotopic (exact) mass is 281 g/mol.